The van der Waals surface area contributed by atoms with Gasteiger partial charge in [0.15, 0.2) is 0 Å². The molecule has 0 aromatic carbocycles. The van der Waals surface area contributed by atoms with Gasteiger partial charge in [-0.3, -0.25) is 14.5 Å². The second-order valence-corrected chi connectivity index (χ2v) is 3.78. The molecule has 17 heavy (non-hydrogen) atoms. The van der Waals surface area contributed by atoms with Gasteiger partial charge in [-0.1, -0.05) is 0 Å². The Morgan fingerprint density at radius 2 is 2.18 bits per heavy atom. The predicted molar refractivity (Wildman–Crippen MR) is 64.5 cm³/mol. The standard InChI is InChI=1S/C11H13N5O/c1-7-3-8(5-13-4-7)15-11(17)10-9(12)6-14-16(10)2/h3-6H,12H2,1-2H3,(H,15,17). The minimum Gasteiger partial charge on any atom is -0.396 e. The van der Waals surface area contributed by atoms with Crippen LogP contribution in [-0.4, -0.2) is 20.7 Å². The first-order valence-electron chi connectivity index (χ1n) is 5.08. The summed E-state index contributed by atoms with van der Waals surface area (Å²) in [6.07, 6.45) is 4.74. The van der Waals surface area contributed by atoms with E-state index in [9.17, 15) is 4.79 Å². The molecule has 0 aliphatic heterocycles. The predicted octanol–water partition coefficient (Wildman–Crippen LogP) is 0.958. The van der Waals surface area contributed by atoms with Crippen molar-refractivity contribution in [2.24, 2.45) is 7.05 Å². The summed E-state index contributed by atoms with van der Waals surface area (Å²) in [5.41, 5.74) is 7.97. The summed E-state index contributed by atoms with van der Waals surface area (Å²) in [6, 6.07) is 1.83. The molecule has 6 nitrogen and oxygen atoms in total. The van der Waals surface area contributed by atoms with E-state index in [1.807, 2.05) is 13.0 Å². The van der Waals surface area contributed by atoms with Gasteiger partial charge in [0.05, 0.1) is 23.8 Å². The summed E-state index contributed by atoms with van der Waals surface area (Å²) >= 11 is 0. The molecule has 3 N–H and O–H groups in total. The van der Waals surface area contributed by atoms with Gasteiger partial charge in [-0.25, -0.2) is 0 Å². The van der Waals surface area contributed by atoms with Crippen molar-refractivity contribution >= 4 is 17.3 Å². The topological polar surface area (TPSA) is 85.8 Å². The fraction of sp³-hybridized carbons (Fsp3) is 0.182. The molecule has 2 aromatic heterocycles. The number of nitrogens with two attached hydrogens (primary N) is 1. The van der Waals surface area contributed by atoms with Gasteiger partial charge < -0.3 is 11.1 Å². The number of carbonyl (C=O) groups excluding carboxylic acids is 1. The molecular formula is C11H13N5O. The number of amides is 1. The van der Waals surface area contributed by atoms with Crippen molar-refractivity contribution in [2.75, 3.05) is 11.1 Å². The third-order valence-electron chi connectivity index (χ3n) is 2.31. The van der Waals surface area contributed by atoms with Gasteiger partial charge in [0, 0.05) is 13.2 Å². The molecule has 0 aliphatic rings. The van der Waals surface area contributed by atoms with E-state index in [2.05, 4.69) is 15.4 Å². The number of nitrogen functional groups attached to an aromatic ring is 1. The highest BCUT2D eigenvalue weighted by Crippen LogP contribution is 2.13. The summed E-state index contributed by atoms with van der Waals surface area (Å²) in [5, 5.41) is 6.64. The number of nitrogens with one attached hydrogen (secondary N) is 1. The SMILES string of the molecule is Cc1cncc(NC(=O)c2c(N)cnn2C)c1. The number of hydrogen-bond donors (Lipinski definition) is 2. The Morgan fingerprint density at radius 3 is 2.76 bits per heavy atom. The maximum absolute atomic E-state index is 11.9. The van der Waals surface area contributed by atoms with Crippen molar-refractivity contribution in [3.63, 3.8) is 0 Å². The maximum atomic E-state index is 11.9. The Labute approximate surface area is 98.5 Å². The molecule has 0 radical (unpaired) electrons. The fourth-order valence-corrected chi connectivity index (χ4v) is 1.55. The Hall–Kier alpha value is -2.37. The normalized spacial score (nSPS) is 10.2. The van der Waals surface area contributed by atoms with Crippen LogP contribution in [0.25, 0.3) is 0 Å². The summed E-state index contributed by atoms with van der Waals surface area (Å²) in [6.45, 7) is 1.90. The largest absolute Gasteiger partial charge is 0.396 e. The Balaban J connectivity index is 2.23. The number of anilines is 2. The number of aromatic nitrogens is 3. The number of rotatable bonds is 2. The average Bonchev–Trinajstić information content (AvgIpc) is 2.58. The number of pyridine rings is 1. The van der Waals surface area contributed by atoms with Crippen molar-refractivity contribution in [3.05, 3.63) is 35.9 Å². The van der Waals surface area contributed by atoms with Gasteiger partial charge in [0.25, 0.3) is 5.91 Å². The van der Waals surface area contributed by atoms with Gasteiger partial charge in [-0.05, 0) is 18.6 Å². The first-order chi connectivity index (χ1) is 8.08. The van der Waals surface area contributed by atoms with E-state index in [0.717, 1.165) is 5.56 Å². The highest BCUT2D eigenvalue weighted by atomic mass is 16.2. The quantitative estimate of drug-likeness (QED) is 0.806. The van der Waals surface area contributed by atoms with Crippen LogP contribution in [0.5, 0.6) is 0 Å². The summed E-state index contributed by atoms with van der Waals surface area (Å²) in [7, 11) is 1.67. The zero-order valence-electron chi connectivity index (χ0n) is 9.64. The zero-order valence-corrected chi connectivity index (χ0v) is 9.64. The lowest BCUT2D eigenvalue weighted by molar-refractivity contribution is 0.101. The lowest BCUT2D eigenvalue weighted by atomic mass is 10.3. The lowest BCUT2D eigenvalue weighted by Crippen LogP contribution is -2.17. The highest BCUT2D eigenvalue weighted by Gasteiger charge is 2.14. The van der Waals surface area contributed by atoms with Crippen LogP contribution < -0.4 is 11.1 Å². The highest BCUT2D eigenvalue weighted by molar-refractivity contribution is 6.06. The minimum atomic E-state index is -0.296. The fourth-order valence-electron chi connectivity index (χ4n) is 1.55. The van der Waals surface area contributed by atoms with Gasteiger partial charge >= 0.3 is 0 Å². The molecular weight excluding hydrogens is 218 g/mol. The molecule has 2 rings (SSSR count). The number of carbonyl (C=O) groups is 1. The lowest BCUT2D eigenvalue weighted by Gasteiger charge is -2.06. The second-order valence-electron chi connectivity index (χ2n) is 3.78. The number of hydrogen-bond acceptors (Lipinski definition) is 4. The van der Waals surface area contributed by atoms with E-state index >= 15 is 0 Å². The minimum absolute atomic E-state index is 0.296. The Bertz CT molecular complexity index is 541. The molecule has 0 bridgehead atoms. The first kappa shape index (κ1) is 11.1. The molecule has 1 amide bonds. The van der Waals surface area contributed by atoms with Crippen LogP contribution in [-0.2, 0) is 7.05 Å². The van der Waals surface area contributed by atoms with E-state index in [0.29, 0.717) is 17.1 Å². The third kappa shape index (κ3) is 2.25. The summed E-state index contributed by atoms with van der Waals surface area (Å²) in [5.74, 6) is -0.296. The molecule has 0 atom stereocenters. The van der Waals surface area contributed by atoms with Gasteiger partial charge in [-0.15, -0.1) is 0 Å². The first-order valence-corrected chi connectivity index (χ1v) is 5.08. The van der Waals surface area contributed by atoms with Crippen LogP contribution in [0.15, 0.2) is 24.7 Å². The Morgan fingerprint density at radius 1 is 1.41 bits per heavy atom. The molecule has 0 aliphatic carbocycles. The molecule has 2 heterocycles. The molecule has 0 spiro atoms. The van der Waals surface area contributed by atoms with Gasteiger partial charge in [0.1, 0.15) is 5.69 Å². The molecule has 0 fully saturated rings. The summed E-state index contributed by atoms with van der Waals surface area (Å²) in [4.78, 5) is 15.9. The van der Waals surface area contributed by atoms with Crippen molar-refractivity contribution in [1.29, 1.82) is 0 Å². The van der Waals surface area contributed by atoms with E-state index in [1.165, 1.54) is 10.9 Å². The van der Waals surface area contributed by atoms with Crippen LogP contribution in [0, 0.1) is 6.92 Å². The molecule has 6 heteroatoms. The molecule has 2 aromatic rings. The average molecular weight is 231 g/mol. The molecule has 0 saturated carbocycles. The Kier molecular flexibility index (Phi) is 2.78. The van der Waals surface area contributed by atoms with Crippen molar-refractivity contribution in [3.8, 4) is 0 Å². The number of nitrogens with zero attached hydrogens (tertiary/aromatic N) is 3. The molecule has 0 unspecified atom stereocenters. The van der Waals surface area contributed by atoms with E-state index in [4.69, 9.17) is 5.73 Å². The second kappa shape index (κ2) is 4.25. The van der Waals surface area contributed by atoms with Crippen LogP contribution in [0.1, 0.15) is 16.1 Å². The number of aryl methyl sites for hydroxylation is 2. The third-order valence-corrected chi connectivity index (χ3v) is 2.31. The van der Waals surface area contributed by atoms with E-state index < -0.39 is 0 Å². The van der Waals surface area contributed by atoms with Crippen LogP contribution >= 0.6 is 0 Å². The van der Waals surface area contributed by atoms with E-state index in [1.54, 1.807) is 19.4 Å². The van der Waals surface area contributed by atoms with E-state index in [-0.39, 0.29) is 5.91 Å². The van der Waals surface area contributed by atoms with Crippen molar-refractivity contribution in [2.45, 2.75) is 6.92 Å². The smallest absolute Gasteiger partial charge is 0.276 e. The van der Waals surface area contributed by atoms with Gasteiger partial charge in [0.2, 0.25) is 0 Å². The van der Waals surface area contributed by atoms with Crippen molar-refractivity contribution < 1.29 is 4.79 Å². The van der Waals surface area contributed by atoms with Crippen molar-refractivity contribution in [1.82, 2.24) is 14.8 Å². The van der Waals surface area contributed by atoms with Crippen LogP contribution in [0.3, 0.4) is 0 Å². The molecule has 88 valence electrons. The zero-order chi connectivity index (χ0) is 12.4. The summed E-state index contributed by atoms with van der Waals surface area (Å²) < 4.78 is 1.44. The van der Waals surface area contributed by atoms with Gasteiger partial charge in [-0.2, -0.15) is 5.10 Å². The monoisotopic (exact) mass is 231 g/mol. The van der Waals surface area contributed by atoms with Crippen LogP contribution in [0.2, 0.25) is 0 Å². The van der Waals surface area contributed by atoms with Crippen LogP contribution in [0.4, 0.5) is 11.4 Å². The molecule has 0 saturated heterocycles. The maximum Gasteiger partial charge on any atom is 0.276 e.